The maximum Gasteiger partial charge on any atom is 0.309 e. The fourth-order valence-corrected chi connectivity index (χ4v) is 4.53. The molecule has 0 heterocycles. The zero-order valence-electron chi connectivity index (χ0n) is 14.7. The highest BCUT2D eigenvalue weighted by Crippen LogP contribution is 2.48. The summed E-state index contributed by atoms with van der Waals surface area (Å²) in [6.07, 6.45) is 9.06. The van der Waals surface area contributed by atoms with Crippen molar-refractivity contribution in [3.63, 3.8) is 0 Å². The maximum atomic E-state index is 12.9. The molecule has 0 aliphatic heterocycles. The number of hydrogen-bond donors (Lipinski definition) is 0. The van der Waals surface area contributed by atoms with Gasteiger partial charge in [0.25, 0.3) is 0 Å². The van der Waals surface area contributed by atoms with Crippen LogP contribution in [0.4, 0.5) is 0 Å². The van der Waals surface area contributed by atoms with Gasteiger partial charge >= 0.3 is 5.97 Å². The van der Waals surface area contributed by atoms with Crippen molar-refractivity contribution in [3.8, 4) is 0 Å². The number of ether oxygens (including phenoxy) is 1. The number of hydrogen-bond acceptors (Lipinski definition) is 2. The first kappa shape index (κ1) is 16.8. The molecule has 2 aliphatic carbocycles. The number of rotatable bonds is 4. The molecule has 0 amide bonds. The molecule has 2 fully saturated rings. The lowest BCUT2D eigenvalue weighted by atomic mass is 9.75. The molecule has 2 saturated carbocycles. The topological polar surface area (TPSA) is 26.3 Å². The van der Waals surface area contributed by atoms with Gasteiger partial charge in [-0.3, -0.25) is 4.79 Å². The lowest BCUT2D eigenvalue weighted by molar-refractivity contribution is -0.179. The molecule has 0 aromatic heterocycles. The second kappa shape index (κ2) is 6.30. The second-order valence-corrected chi connectivity index (χ2v) is 8.39. The van der Waals surface area contributed by atoms with Gasteiger partial charge in [-0.1, -0.05) is 47.5 Å². The zero-order valence-corrected chi connectivity index (χ0v) is 14.7. The average Bonchev–Trinajstić information content (AvgIpc) is 3.04. The van der Waals surface area contributed by atoms with E-state index >= 15 is 0 Å². The van der Waals surface area contributed by atoms with Crippen LogP contribution in [0.5, 0.6) is 0 Å². The van der Waals surface area contributed by atoms with Gasteiger partial charge in [-0.05, 0) is 50.4 Å². The predicted octanol–water partition coefficient (Wildman–Crippen LogP) is 5.35. The molecule has 2 rings (SSSR count). The highest BCUT2D eigenvalue weighted by molar-refractivity contribution is 5.74. The minimum absolute atomic E-state index is 0.0453. The lowest BCUT2D eigenvalue weighted by Crippen LogP contribution is -2.46. The Morgan fingerprint density at radius 3 is 2.19 bits per heavy atom. The normalized spacial score (nSPS) is 32.3. The lowest BCUT2D eigenvalue weighted by Gasteiger charge is -2.42. The average molecular weight is 294 g/mol. The number of carbonyl (C=O) groups is 1. The van der Waals surface area contributed by atoms with Crippen LogP contribution >= 0.6 is 0 Å². The fraction of sp³-hybridized carbons (Fsp3) is 0.947. The monoisotopic (exact) mass is 294 g/mol. The Morgan fingerprint density at radius 1 is 1.10 bits per heavy atom. The highest BCUT2D eigenvalue weighted by Gasteiger charge is 2.49. The number of esters is 1. The van der Waals surface area contributed by atoms with Gasteiger partial charge in [-0.15, -0.1) is 0 Å². The van der Waals surface area contributed by atoms with Gasteiger partial charge in [0, 0.05) is 5.41 Å². The SMILES string of the molecule is CCC1CC(CC)C(C(=O)OC2(C(C)(C)C)CCCC2)C1. The summed E-state index contributed by atoms with van der Waals surface area (Å²) in [6.45, 7) is 11.2. The van der Waals surface area contributed by atoms with E-state index in [0.29, 0.717) is 5.92 Å². The van der Waals surface area contributed by atoms with E-state index in [1.807, 2.05) is 0 Å². The van der Waals surface area contributed by atoms with E-state index in [9.17, 15) is 4.79 Å². The van der Waals surface area contributed by atoms with Gasteiger partial charge < -0.3 is 4.74 Å². The summed E-state index contributed by atoms with van der Waals surface area (Å²) in [5.74, 6) is 1.52. The van der Waals surface area contributed by atoms with E-state index in [0.717, 1.165) is 31.6 Å². The third-order valence-electron chi connectivity index (χ3n) is 6.27. The smallest absolute Gasteiger partial charge is 0.309 e. The van der Waals surface area contributed by atoms with Crippen molar-refractivity contribution in [2.75, 3.05) is 0 Å². The Labute approximate surface area is 131 Å². The van der Waals surface area contributed by atoms with Gasteiger partial charge in [-0.2, -0.15) is 0 Å². The van der Waals surface area contributed by atoms with E-state index < -0.39 is 0 Å². The molecule has 0 spiro atoms. The van der Waals surface area contributed by atoms with E-state index in [-0.39, 0.29) is 22.9 Å². The van der Waals surface area contributed by atoms with Crippen molar-refractivity contribution in [2.45, 2.75) is 91.6 Å². The van der Waals surface area contributed by atoms with Gasteiger partial charge in [0.2, 0.25) is 0 Å². The van der Waals surface area contributed by atoms with Crippen LogP contribution in [0.2, 0.25) is 0 Å². The Kier molecular flexibility index (Phi) is 5.05. The van der Waals surface area contributed by atoms with Gasteiger partial charge in [0.05, 0.1) is 5.92 Å². The number of carbonyl (C=O) groups excluding carboxylic acids is 1. The van der Waals surface area contributed by atoms with E-state index in [4.69, 9.17) is 4.74 Å². The molecular weight excluding hydrogens is 260 g/mol. The molecule has 122 valence electrons. The largest absolute Gasteiger partial charge is 0.458 e. The summed E-state index contributed by atoms with van der Waals surface area (Å²) in [6, 6.07) is 0. The Hall–Kier alpha value is -0.530. The molecule has 0 aromatic carbocycles. The summed E-state index contributed by atoms with van der Waals surface area (Å²) in [7, 11) is 0. The molecule has 0 aromatic rings. The molecule has 0 saturated heterocycles. The summed E-state index contributed by atoms with van der Waals surface area (Å²) in [5, 5.41) is 0. The van der Waals surface area contributed by atoms with Gasteiger partial charge in [0.15, 0.2) is 0 Å². The van der Waals surface area contributed by atoms with Crippen LogP contribution in [0.25, 0.3) is 0 Å². The Morgan fingerprint density at radius 2 is 1.71 bits per heavy atom. The molecule has 3 unspecified atom stereocenters. The highest BCUT2D eigenvalue weighted by atomic mass is 16.6. The van der Waals surface area contributed by atoms with Crippen molar-refractivity contribution < 1.29 is 9.53 Å². The summed E-state index contributed by atoms with van der Waals surface area (Å²) < 4.78 is 6.23. The Bertz CT molecular complexity index is 360. The van der Waals surface area contributed by atoms with E-state index in [1.54, 1.807) is 0 Å². The van der Waals surface area contributed by atoms with Gasteiger partial charge in [-0.25, -0.2) is 0 Å². The van der Waals surface area contributed by atoms with Crippen LogP contribution in [0.1, 0.15) is 86.0 Å². The molecule has 2 aliphatic rings. The van der Waals surface area contributed by atoms with Crippen LogP contribution in [-0.2, 0) is 9.53 Å². The third kappa shape index (κ3) is 3.29. The zero-order chi connectivity index (χ0) is 15.7. The first-order valence-corrected chi connectivity index (χ1v) is 9.06. The summed E-state index contributed by atoms with van der Waals surface area (Å²) in [5.41, 5.74) is -0.170. The summed E-state index contributed by atoms with van der Waals surface area (Å²) in [4.78, 5) is 12.9. The second-order valence-electron chi connectivity index (χ2n) is 8.39. The molecule has 2 nitrogen and oxygen atoms in total. The van der Waals surface area contributed by atoms with Crippen LogP contribution in [0.3, 0.4) is 0 Å². The van der Waals surface area contributed by atoms with Crippen molar-refractivity contribution in [1.82, 2.24) is 0 Å². The first-order valence-electron chi connectivity index (χ1n) is 9.06. The van der Waals surface area contributed by atoms with Crippen molar-refractivity contribution >= 4 is 5.97 Å². The molecular formula is C19H34O2. The third-order valence-corrected chi connectivity index (χ3v) is 6.27. The molecule has 0 bridgehead atoms. The minimum atomic E-state index is -0.216. The quantitative estimate of drug-likeness (QED) is 0.653. The van der Waals surface area contributed by atoms with Crippen LogP contribution < -0.4 is 0 Å². The van der Waals surface area contributed by atoms with E-state index in [1.165, 1.54) is 25.7 Å². The Balaban J connectivity index is 2.09. The fourth-order valence-electron chi connectivity index (χ4n) is 4.53. The van der Waals surface area contributed by atoms with Crippen LogP contribution in [0, 0.1) is 23.2 Å². The minimum Gasteiger partial charge on any atom is -0.458 e. The van der Waals surface area contributed by atoms with Crippen LogP contribution in [-0.4, -0.2) is 11.6 Å². The van der Waals surface area contributed by atoms with Gasteiger partial charge in [0.1, 0.15) is 5.60 Å². The predicted molar refractivity (Wildman–Crippen MR) is 87.0 cm³/mol. The van der Waals surface area contributed by atoms with Crippen LogP contribution in [0.15, 0.2) is 0 Å². The molecule has 3 atom stereocenters. The van der Waals surface area contributed by atoms with Crippen molar-refractivity contribution in [2.24, 2.45) is 23.2 Å². The van der Waals surface area contributed by atoms with Crippen molar-refractivity contribution in [3.05, 3.63) is 0 Å². The molecule has 0 radical (unpaired) electrons. The molecule has 0 N–H and O–H groups in total. The standard InChI is InChI=1S/C19H34O2/c1-6-14-12-15(7-2)16(13-14)17(20)21-19(18(3,4)5)10-8-9-11-19/h14-16H,6-13H2,1-5H3. The first-order chi connectivity index (χ1) is 9.83. The van der Waals surface area contributed by atoms with E-state index in [2.05, 4.69) is 34.6 Å². The van der Waals surface area contributed by atoms with Crippen molar-refractivity contribution in [1.29, 1.82) is 0 Å². The maximum absolute atomic E-state index is 12.9. The molecule has 21 heavy (non-hydrogen) atoms. The molecule has 2 heteroatoms. The summed E-state index contributed by atoms with van der Waals surface area (Å²) >= 11 is 0.